The highest BCUT2D eigenvalue weighted by molar-refractivity contribution is 5.88. The molecule has 0 bridgehead atoms. The minimum atomic E-state index is -0.376. The SMILES string of the molecule is CCCCc1ccc(C(=O)OO[C@H]2CC[C@@]3(C)C(=CC[C@H]4[C@@H]5CC[C@H]([C@H](C)CCCC(C)C)[C@@]5(C)CC[C@@H]43)C2)cc1. The zero-order chi connectivity index (χ0) is 29.2. The van der Waals surface area contributed by atoms with Crippen molar-refractivity contribution in [2.75, 3.05) is 0 Å². The second kappa shape index (κ2) is 12.9. The second-order valence-electron chi connectivity index (χ2n) is 15.4. The maximum Gasteiger partial charge on any atom is 0.373 e. The van der Waals surface area contributed by atoms with Gasteiger partial charge in [-0.15, -0.1) is 0 Å². The first-order valence-electron chi connectivity index (χ1n) is 17.3. The number of unbranched alkanes of at least 4 members (excludes halogenated alkanes) is 1. The molecule has 0 spiro atoms. The predicted octanol–water partition coefficient (Wildman–Crippen LogP) is 10.5. The van der Waals surface area contributed by atoms with Crippen LogP contribution in [0.25, 0.3) is 0 Å². The number of allylic oxidation sites excluding steroid dienone is 1. The van der Waals surface area contributed by atoms with Crippen LogP contribution < -0.4 is 0 Å². The average Bonchev–Trinajstić information content (AvgIpc) is 3.32. The van der Waals surface area contributed by atoms with Crippen LogP contribution in [0.3, 0.4) is 0 Å². The molecule has 0 radical (unpaired) electrons. The lowest BCUT2D eigenvalue weighted by atomic mass is 9.47. The summed E-state index contributed by atoms with van der Waals surface area (Å²) < 4.78 is 0. The van der Waals surface area contributed by atoms with E-state index in [9.17, 15) is 4.79 Å². The molecule has 4 aliphatic carbocycles. The van der Waals surface area contributed by atoms with Gasteiger partial charge in [0.15, 0.2) is 0 Å². The first kappa shape index (κ1) is 30.8. The molecule has 0 saturated heterocycles. The van der Waals surface area contributed by atoms with Gasteiger partial charge in [-0.1, -0.05) is 91.0 Å². The van der Waals surface area contributed by atoms with Crippen LogP contribution in [0.4, 0.5) is 0 Å². The number of hydrogen-bond donors (Lipinski definition) is 0. The Labute approximate surface area is 251 Å². The summed E-state index contributed by atoms with van der Waals surface area (Å²) in [4.78, 5) is 23.9. The average molecular weight is 563 g/mol. The quantitative estimate of drug-likeness (QED) is 0.153. The van der Waals surface area contributed by atoms with Crippen molar-refractivity contribution >= 4 is 5.97 Å². The maximum atomic E-state index is 12.7. The van der Waals surface area contributed by atoms with Gasteiger partial charge in [-0.3, -0.25) is 4.89 Å². The van der Waals surface area contributed by atoms with E-state index in [2.05, 4.69) is 47.6 Å². The summed E-state index contributed by atoms with van der Waals surface area (Å²) >= 11 is 0. The van der Waals surface area contributed by atoms with Crippen molar-refractivity contribution in [1.29, 1.82) is 0 Å². The minimum absolute atomic E-state index is 0.0324. The lowest BCUT2D eigenvalue weighted by Crippen LogP contribution is -2.51. The highest BCUT2D eigenvalue weighted by Crippen LogP contribution is 2.67. The van der Waals surface area contributed by atoms with Gasteiger partial charge in [-0.05, 0) is 128 Å². The van der Waals surface area contributed by atoms with Crippen molar-refractivity contribution in [2.45, 2.75) is 138 Å². The Kier molecular flexibility index (Phi) is 9.74. The molecule has 0 aliphatic heterocycles. The highest BCUT2D eigenvalue weighted by Gasteiger charge is 2.59. The summed E-state index contributed by atoms with van der Waals surface area (Å²) in [5.74, 6) is 4.74. The van der Waals surface area contributed by atoms with Crippen molar-refractivity contribution in [3.63, 3.8) is 0 Å². The molecule has 3 nitrogen and oxygen atoms in total. The van der Waals surface area contributed by atoms with Crippen LogP contribution in [0.15, 0.2) is 35.9 Å². The third kappa shape index (κ3) is 6.36. The van der Waals surface area contributed by atoms with E-state index in [1.165, 1.54) is 69.8 Å². The molecule has 0 amide bonds. The molecule has 41 heavy (non-hydrogen) atoms. The van der Waals surface area contributed by atoms with E-state index in [0.29, 0.717) is 11.0 Å². The van der Waals surface area contributed by atoms with Gasteiger partial charge in [0.2, 0.25) is 0 Å². The van der Waals surface area contributed by atoms with Gasteiger partial charge in [-0.25, -0.2) is 4.79 Å². The summed E-state index contributed by atoms with van der Waals surface area (Å²) in [7, 11) is 0. The number of aryl methyl sites for hydroxylation is 1. The van der Waals surface area contributed by atoms with Gasteiger partial charge in [0.25, 0.3) is 0 Å². The van der Waals surface area contributed by atoms with E-state index in [1.807, 2.05) is 24.3 Å². The Balaban J connectivity index is 1.17. The summed E-state index contributed by atoms with van der Waals surface area (Å²) in [6.07, 6.45) is 20.1. The van der Waals surface area contributed by atoms with E-state index in [0.717, 1.165) is 61.2 Å². The summed E-state index contributed by atoms with van der Waals surface area (Å²) in [6.45, 7) is 14.7. The van der Waals surface area contributed by atoms with Crippen molar-refractivity contribution in [2.24, 2.45) is 46.3 Å². The topological polar surface area (TPSA) is 35.5 Å². The first-order valence-corrected chi connectivity index (χ1v) is 17.3. The fourth-order valence-corrected chi connectivity index (χ4v) is 10.1. The molecule has 8 atom stereocenters. The van der Waals surface area contributed by atoms with Crippen LogP contribution in [0, 0.1) is 46.3 Å². The van der Waals surface area contributed by atoms with Gasteiger partial charge in [0.1, 0.15) is 6.10 Å². The fourth-order valence-electron chi connectivity index (χ4n) is 10.1. The molecule has 3 fully saturated rings. The van der Waals surface area contributed by atoms with Gasteiger partial charge in [0, 0.05) is 0 Å². The Bertz CT molecular complexity index is 1060. The molecule has 0 aromatic heterocycles. The zero-order valence-corrected chi connectivity index (χ0v) is 27.1. The first-order chi connectivity index (χ1) is 19.7. The number of carbonyl (C=O) groups is 1. The Hall–Kier alpha value is -1.61. The maximum absolute atomic E-state index is 12.7. The third-order valence-corrected chi connectivity index (χ3v) is 12.5. The van der Waals surface area contributed by atoms with Crippen LogP contribution in [0.5, 0.6) is 0 Å². The van der Waals surface area contributed by atoms with E-state index in [1.54, 1.807) is 5.57 Å². The van der Waals surface area contributed by atoms with Crippen molar-refractivity contribution in [3.05, 3.63) is 47.0 Å². The Morgan fingerprint density at radius 3 is 2.46 bits per heavy atom. The summed E-state index contributed by atoms with van der Waals surface area (Å²) in [6, 6.07) is 7.82. The monoisotopic (exact) mass is 562 g/mol. The van der Waals surface area contributed by atoms with E-state index >= 15 is 0 Å². The van der Waals surface area contributed by atoms with Crippen LogP contribution in [-0.4, -0.2) is 12.1 Å². The van der Waals surface area contributed by atoms with E-state index < -0.39 is 0 Å². The number of hydrogen-bond acceptors (Lipinski definition) is 3. The lowest BCUT2D eigenvalue weighted by Gasteiger charge is -2.58. The molecule has 1 aromatic carbocycles. The van der Waals surface area contributed by atoms with Crippen LogP contribution in [0.1, 0.15) is 141 Å². The van der Waals surface area contributed by atoms with E-state index in [-0.39, 0.29) is 17.5 Å². The number of rotatable bonds is 11. The normalized spacial score (nSPS) is 35.3. The zero-order valence-electron chi connectivity index (χ0n) is 27.1. The smallest absolute Gasteiger partial charge is 0.293 e. The van der Waals surface area contributed by atoms with Gasteiger partial charge in [-0.2, -0.15) is 4.89 Å². The van der Waals surface area contributed by atoms with Crippen LogP contribution in [-0.2, 0) is 16.2 Å². The third-order valence-electron chi connectivity index (χ3n) is 12.5. The second-order valence-corrected chi connectivity index (χ2v) is 15.4. The molecule has 1 aromatic rings. The molecule has 228 valence electrons. The number of carbonyl (C=O) groups excluding carboxylic acids is 1. The molecular formula is C38H58O3. The molecular weight excluding hydrogens is 504 g/mol. The molecule has 0 unspecified atom stereocenters. The number of fused-ring (bicyclic) bond motifs is 5. The number of benzene rings is 1. The van der Waals surface area contributed by atoms with Crippen molar-refractivity contribution in [3.8, 4) is 0 Å². The molecule has 0 N–H and O–H groups in total. The Morgan fingerprint density at radius 1 is 0.951 bits per heavy atom. The molecule has 3 heteroatoms. The Morgan fingerprint density at radius 2 is 1.73 bits per heavy atom. The van der Waals surface area contributed by atoms with Gasteiger partial charge < -0.3 is 0 Å². The predicted molar refractivity (Wildman–Crippen MR) is 168 cm³/mol. The lowest BCUT2D eigenvalue weighted by molar-refractivity contribution is -0.280. The van der Waals surface area contributed by atoms with Crippen LogP contribution >= 0.6 is 0 Å². The van der Waals surface area contributed by atoms with Gasteiger partial charge >= 0.3 is 5.97 Å². The van der Waals surface area contributed by atoms with Gasteiger partial charge in [0.05, 0.1) is 5.56 Å². The summed E-state index contributed by atoms with van der Waals surface area (Å²) in [5, 5.41) is 0. The molecule has 3 saturated carbocycles. The van der Waals surface area contributed by atoms with Crippen molar-refractivity contribution in [1.82, 2.24) is 0 Å². The molecule has 5 rings (SSSR count). The van der Waals surface area contributed by atoms with Crippen LogP contribution in [0.2, 0.25) is 0 Å². The van der Waals surface area contributed by atoms with Crippen molar-refractivity contribution < 1.29 is 14.6 Å². The van der Waals surface area contributed by atoms with E-state index in [4.69, 9.17) is 9.78 Å². The molecule has 4 aliphatic rings. The largest absolute Gasteiger partial charge is 0.373 e. The fraction of sp³-hybridized carbons (Fsp3) is 0.763. The molecule has 0 heterocycles. The standard InChI is InChI=1S/C38H58O3/c1-7-8-12-28-13-15-29(16-14-28)36(39)41-40-31-21-23-37(5)30(25-31)17-18-32-34-20-19-33(27(4)11-9-10-26(2)3)38(34,6)24-22-35(32)37/h13-17,26-27,31-35H,7-12,18-25H2,1-6H3/t27-,31+,32+,33-,34+,35+,37+,38-/m1/s1. The summed E-state index contributed by atoms with van der Waals surface area (Å²) in [5.41, 5.74) is 4.23. The highest BCUT2D eigenvalue weighted by atomic mass is 17.2. The minimum Gasteiger partial charge on any atom is -0.293 e.